The standard InChI is InChI=1S/C13H27N3/c1-13(2,3)16-8-10-6-14-7-11(9-16)12(10)15(4)5/h10-12,14H,6-9H2,1-5H3. The molecule has 2 aliphatic heterocycles. The molecule has 0 aliphatic carbocycles. The Hall–Kier alpha value is -0.120. The molecule has 0 aromatic rings. The van der Waals surface area contributed by atoms with E-state index in [0.29, 0.717) is 5.54 Å². The Morgan fingerprint density at radius 2 is 1.56 bits per heavy atom. The van der Waals surface area contributed by atoms with Gasteiger partial charge in [0.2, 0.25) is 0 Å². The number of fused-ring (bicyclic) bond motifs is 2. The fourth-order valence-electron chi connectivity index (χ4n) is 3.46. The molecule has 2 bridgehead atoms. The third-order valence-electron chi connectivity index (χ3n) is 4.23. The van der Waals surface area contributed by atoms with Crippen LogP contribution in [-0.4, -0.2) is 61.7 Å². The second kappa shape index (κ2) is 4.28. The monoisotopic (exact) mass is 225 g/mol. The Bertz CT molecular complexity index is 230. The van der Waals surface area contributed by atoms with E-state index in [9.17, 15) is 0 Å². The first kappa shape index (κ1) is 12.3. The predicted octanol–water partition coefficient (Wildman–Crippen LogP) is 0.866. The Labute approximate surface area is 100 Å². The highest BCUT2D eigenvalue weighted by molar-refractivity contribution is 4.99. The fourth-order valence-corrected chi connectivity index (χ4v) is 3.46. The zero-order valence-electron chi connectivity index (χ0n) is 11.5. The summed E-state index contributed by atoms with van der Waals surface area (Å²) in [7, 11) is 4.48. The van der Waals surface area contributed by atoms with Gasteiger partial charge in [-0.2, -0.15) is 0 Å². The van der Waals surface area contributed by atoms with Crippen molar-refractivity contribution >= 4 is 0 Å². The molecule has 2 unspecified atom stereocenters. The molecule has 3 nitrogen and oxygen atoms in total. The lowest BCUT2D eigenvalue weighted by Crippen LogP contribution is -2.65. The third kappa shape index (κ3) is 2.27. The van der Waals surface area contributed by atoms with E-state index in [2.05, 4.69) is 50.0 Å². The van der Waals surface area contributed by atoms with Crippen LogP contribution in [0.5, 0.6) is 0 Å². The minimum Gasteiger partial charge on any atom is -0.316 e. The van der Waals surface area contributed by atoms with Gasteiger partial charge in [0, 0.05) is 37.8 Å². The van der Waals surface area contributed by atoms with E-state index in [0.717, 1.165) is 17.9 Å². The second-order valence-corrected chi connectivity index (χ2v) is 6.71. The summed E-state index contributed by atoms with van der Waals surface area (Å²) in [5, 5.41) is 3.59. The van der Waals surface area contributed by atoms with Gasteiger partial charge >= 0.3 is 0 Å². The van der Waals surface area contributed by atoms with Crippen LogP contribution in [0, 0.1) is 11.8 Å². The number of nitrogens with zero attached hydrogens (tertiary/aromatic N) is 2. The van der Waals surface area contributed by atoms with Crippen LogP contribution in [-0.2, 0) is 0 Å². The number of piperidine rings is 2. The van der Waals surface area contributed by atoms with E-state index in [1.54, 1.807) is 0 Å². The van der Waals surface area contributed by atoms with Crippen LogP contribution in [0.15, 0.2) is 0 Å². The van der Waals surface area contributed by atoms with Crippen LogP contribution in [0.3, 0.4) is 0 Å². The SMILES string of the molecule is CN(C)C1C2CNCC1CN(C(C)(C)C)C2. The minimum atomic E-state index is 0.325. The smallest absolute Gasteiger partial charge is 0.0194 e. The molecule has 2 atom stereocenters. The zero-order chi connectivity index (χ0) is 11.9. The number of rotatable bonds is 1. The average molecular weight is 225 g/mol. The molecule has 0 amide bonds. The first-order chi connectivity index (χ1) is 7.39. The quantitative estimate of drug-likeness (QED) is 0.714. The molecular weight excluding hydrogens is 198 g/mol. The first-order valence-corrected chi connectivity index (χ1v) is 6.52. The second-order valence-electron chi connectivity index (χ2n) is 6.71. The number of nitrogens with one attached hydrogen (secondary N) is 1. The Morgan fingerprint density at radius 3 is 1.94 bits per heavy atom. The fraction of sp³-hybridized carbons (Fsp3) is 1.00. The van der Waals surface area contributed by atoms with Crippen molar-refractivity contribution in [3.05, 3.63) is 0 Å². The van der Waals surface area contributed by atoms with Gasteiger partial charge in [0.1, 0.15) is 0 Å². The topological polar surface area (TPSA) is 18.5 Å². The van der Waals surface area contributed by atoms with E-state index in [-0.39, 0.29) is 0 Å². The Kier molecular flexibility index (Phi) is 3.30. The summed E-state index contributed by atoms with van der Waals surface area (Å²) in [6.45, 7) is 11.9. The molecule has 0 saturated carbocycles. The van der Waals surface area contributed by atoms with Gasteiger partial charge in [0.25, 0.3) is 0 Å². The Morgan fingerprint density at radius 1 is 1.06 bits per heavy atom. The summed E-state index contributed by atoms with van der Waals surface area (Å²) in [5.74, 6) is 1.59. The van der Waals surface area contributed by atoms with E-state index >= 15 is 0 Å². The van der Waals surface area contributed by atoms with Gasteiger partial charge in [0.15, 0.2) is 0 Å². The molecule has 0 aromatic carbocycles. The van der Waals surface area contributed by atoms with Gasteiger partial charge in [-0.3, -0.25) is 4.90 Å². The van der Waals surface area contributed by atoms with Crippen molar-refractivity contribution in [1.29, 1.82) is 0 Å². The van der Waals surface area contributed by atoms with E-state index in [1.807, 2.05) is 0 Å². The maximum atomic E-state index is 3.59. The number of hydrogen-bond donors (Lipinski definition) is 1. The minimum absolute atomic E-state index is 0.325. The van der Waals surface area contributed by atoms with Crippen LogP contribution in [0.1, 0.15) is 20.8 Å². The van der Waals surface area contributed by atoms with Crippen molar-refractivity contribution in [2.75, 3.05) is 40.3 Å². The van der Waals surface area contributed by atoms with Crippen LogP contribution < -0.4 is 5.32 Å². The summed E-state index contributed by atoms with van der Waals surface area (Å²) in [6, 6.07) is 0.778. The molecule has 3 heteroatoms. The summed E-state index contributed by atoms with van der Waals surface area (Å²) in [4.78, 5) is 5.11. The van der Waals surface area contributed by atoms with Crippen molar-refractivity contribution < 1.29 is 0 Å². The van der Waals surface area contributed by atoms with Gasteiger partial charge in [0.05, 0.1) is 0 Å². The van der Waals surface area contributed by atoms with E-state index in [1.165, 1.54) is 26.2 Å². The van der Waals surface area contributed by atoms with Gasteiger partial charge < -0.3 is 10.2 Å². The molecule has 0 radical (unpaired) electrons. The third-order valence-corrected chi connectivity index (χ3v) is 4.23. The van der Waals surface area contributed by atoms with Crippen LogP contribution in [0.4, 0.5) is 0 Å². The van der Waals surface area contributed by atoms with Gasteiger partial charge in [-0.25, -0.2) is 0 Å². The van der Waals surface area contributed by atoms with Crippen molar-refractivity contribution in [3.63, 3.8) is 0 Å². The summed E-state index contributed by atoms with van der Waals surface area (Å²) < 4.78 is 0. The average Bonchev–Trinajstić information content (AvgIpc) is 2.13. The predicted molar refractivity (Wildman–Crippen MR) is 68.7 cm³/mol. The maximum absolute atomic E-state index is 3.59. The van der Waals surface area contributed by atoms with Crippen LogP contribution in [0.25, 0.3) is 0 Å². The normalized spacial score (nSPS) is 36.8. The highest BCUT2D eigenvalue weighted by Crippen LogP contribution is 2.31. The molecule has 0 aromatic heterocycles. The largest absolute Gasteiger partial charge is 0.316 e. The van der Waals surface area contributed by atoms with Gasteiger partial charge in [-0.1, -0.05) is 0 Å². The molecule has 94 valence electrons. The molecule has 2 saturated heterocycles. The van der Waals surface area contributed by atoms with E-state index < -0.39 is 0 Å². The lowest BCUT2D eigenvalue weighted by Gasteiger charge is -2.53. The first-order valence-electron chi connectivity index (χ1n) is 6.52. The van der Waals surface area contributed by atoms with Crippen molar-refractivity contribution in [1.82, 2.24) is 15.1 Å². The molecule has 16 heavy (non-hydrogen) atoms. The van der Waals surface area contributed by atoms with Crippen molar-refractivity contribution in [2.45, 2.75) is 32.4 Å². The number of hydrogen-bond acceptors (Lipinski definition) is 3. The molecule has 2 heterocycles. The molecule has 0 spiro atoms. The highest BCUT2D eigenvalue weighted by atomic mass is 15.2. The van der Waals surface area contributed by atoms with Crippen LogP contribution >= 0.6 is 0 Å². The molecule has 2 rings (SSSR count). The van der Waals surface area contributed by atoms with E-state index in [4.69, 9.17) is 0 Å². The summed E-state index contributed by atoms with van der Waals surface area (Å²) in [6.07, 6.45) is 0. The van der Waals surface area contributed by atoms with Crippen molar-refractivity contribution in [2.24, 2.45) is 11.8 Å². The molecule has 1 N–H and O–H groups in total. The molecule has 2 fully saturated rings. The molecular formula is C13H27N3. The highest BCUT2D eigenvalue weighted by Gasteiger charge is 2.42. The zero-order valence-corrected chi connectivity index (χ0v) is 11.5. The molecule has 2 aliphatic rings. The van der Waals surface area contributed by atoms with Gasteiger partial charge in [-0.15, -0.1) is 0 Å². The van der Waals surface area contributed by atoms with Crippen molar-refractivity contribution in [3.8, 4) is 0 Å². The van der Waals surface area contributed by atoms with Crippen LogP contribution in [0.2, 0.25) is 0 Å². The number of likely N-dealkylation sites (tertiary alicyclic amines) is 1. The summed E-state index contributed by atoms with van der Waals surface area (Å²) >= 11 is 0. The van der Waals surface area contributed by atoms with Gasteiger partial charge in [-0.05, 0) is 46.7 Å². The summed E-state index contributed by atoms with van der Waals surface area (Å²) in [5.41, 5.74) is 0.325. The lowest BCUT2D eigenvalue weighted by atomic mass is 9.78. The lowest BCUT2D eigenvalue weighted by molar-refractivity contribution is -0.0259. The Balaban J connectivity index is 2.12. The maximum Gasteiger partial charge on any atom is 0.0194 e.